The first-order chi connectivity index (χ1) is 11.3. The van der Waals surface area contributed by atoms with Crippen LogP contribution in [0.2, 0.25) is 0 Å². The lowest BCUT2D eigenvalue weighted by atomic mass is 9.82. The standard InChI is InChI=1S/C13H15Br3O8/c14-3-9(17)22-6-1-7(23-10(18)4-15)12(13(20)21)8(2-6)24-11(19)5-16/h6-8,12H,1-5H2,(H,20,21). The number of carboxylic acid groups (broad SMARTS) is 1. The highest BCUT2D eigenvalue weighted by Crippen LogP contribution is 2.32. The van der Waals surface area contributed by atoms with Gasteiger partial charge in [0.1, 0.15) is 40.2 Å². The zero-order chi connectivity index (χ0) is 18.3. The lowest BCUT2D eigenvalue weighted by Gasteiger charge is -2.38. The molecule has 0 bridgehead atoms. The summed E-state index contributed by atoms with van der Waals surface area (Å²) >= 11 is 8.81. The summed E-state index contributed by atoms with van der Waals surface area (Å²) in [7, 11) is 0. The molecule has 2 atom stereocenters. The molecule has 0 amide bonds. The number of carbonyl (C=O) groups is 4. The molecule has 0 aliphatic heterocycles. The molecule has 136 valence electrons. The normalized spacial score (nSPS) is 26.3. The van der Waals surface area contributed by atoms with Gasteiger partial charge in [-0.1, -0.05) is 47.8 Å². The second-order valence-corrected chi connectivity index (χ2v) is 6.59. The zero-order valence-electron chi connectivity index (χ0n) is 12.3. The van der Waals surface area contributed by atoms with Crippen LogP contribution >= 0.6 is 47.8 Å². The van der Waals surface area contributed by atoms with Crippen LogP contribution in [0, 0.1) is 5.92 Å². The Bertz CT molecular complexity index is 470. The largest absolute Gasteiger partial charge is 0.481 e. The average molecular weight is 539 g/mol. The van der Waals surface area contributed by atoms with Crippen LogP contribution in [0.25, 0.3) is 0 Å². The Balaban J connectivity index is 3.01. The molecule has 0 saturated heterocycles. The number of rotatable bonds is 7. The molecule has 0 spiro atoms. The Morgan fingerprint density at radius 2 is 1.17 bits per heavy atom. The van der Waals surface area contributed by atoms with Gasteiger partial charge in [0.2, 0.25) is 0 Å². The van der Waals surface area contributed by atoms with Gasteiger partial charge in [-0.05, 0) is 0 Å². The number of halogens is 3. The summed E-state index contributed by atoms with van der Waals surface area (Å²) in [5.74, 6) is -4.38. The molecule has 0 aromatic rings. The van der Waals surface area contributed by atoms with Crippen LogP contribution in [0.4, 0.5) is 0 Å². The summed E-state index contributed by atoms with van der Waals surface area (Å²) < 4.78 is 15.4. The van der Waals surface area contributed by atoms with E-state index in [1.807, 2.05) is 0 Å². The van der Waals surface area contributed by atoms with Crippen molar-refractivity contribution in [3.8, 4) is 0 Å². The van der Waals surface area contributed by atoms with E-state index >= 15 is 0 Å². The number of aliphatic carboxylic acids is 1. The van der Waals surface area contributed by atoms with Gasteiger partial charge in [-0.3, -0.25) is 19.2 Å². The number of esters is 3. The first-order valence-electron chi connectivity index (χ1n) is 6.81. The van der Waals surface area contributed by atoms with Crippen molar-refractivity contribution in [3.05, 3.63) is 0 Å². The maximum atomic E-state index is 11.6. The van der Waals surface area contributed by atoms with Crippen molar-refractivity contribution in [2.45, 2.75) is 31.2 Å². The molecule has 0 aromatic carbocycles. The maximum absolute atomic E-state index is 11.6. The average Bonchev–Trinajstić information content (AvgIpc) is 2.53. The highest BCUT2D eigenvalue weighted by Gasteiger charge is 2.47. The van der Waals surface area contributed by atoms with Gasteiger partial charge in [-0.2, -0.15) is 0 Å². The second-order valence-electron chi connectivity index (χ2n) is 4.90. The molecule has 1 aliphatic rings. The van der Waals surface area contributed by atoms with Gasteiger partial charge in [-0.25, -0.2) is 0 Å². The smallest absolute Gasteiger partial charge is 0.316 e. The quantitative estimate of drug-likeness (QED) is 0.294. The second kappa shape index (κ2) is 10.3. The van der Waals surface area contributed by atoms with E-state index in [4.69, 9.17) is 14.2 Å². The van der Waals surface area contributed by atoms with E-state index in [9.17, 15) is 24.3 Å². The topological polar surface area (TPSA) is 116 Å². The molecule has 1 N–H and O–H groups in total. The van der Waals surface area contributed by atoms with Crippen LogP contribution in [0.15, 0.2) is 0 Å². The van der Waals surface area contributed by atoms with Crippen LogP contribution in [0.5, 0.6) is 0 Å². The van der Waals surface area contributed by atoms with Gasteiger partial charge >= 0.3 is 23.9 Å². The van der Waals surface area contributed by atoms with Crippen LogP contribution in [0.3, 0.4) is 0 Å². The Morgan fingerprint density at radius 3 is 1.50 bits per heavy atom. The number of alkyl halides is 3. The molecule has 11 heteroatoms. The summed E-state index contributed by atoms with van der Waals surface area (Å²) in [6.45, 7) is 0. The summed E-state index contributed by atoms with van der Waals surface area (Å²) in [5, 5.41) is 9.17. The van der Waals surface area contributed by atoms with Crippen molar-refractivity contribution < 1.29 is 38.5 Å². The van der Waals surface area contributed by atoms with E-state index in [1.165, 1.54) is 0 Å². The predicted octanol–water partition coefficient (Wildman–Crippen LogP) is 1.40. The van der Waals surface area contributed by atoms with Crippen LogP contribution in [-0.4, -0.2) is 63.3 Å². The van der Waals surface area contributed by atoms with Crippen LogP contribution < -0.4 is 0 Å². The van der Waals surface area contributed by atoms with Gasteiger partial charge in [0.15, 0.2) is 0 Å². The maximum Gasteiger partial charge on any atom is 0.316 e. The Kier molecular flexibility index (Phi) is 9.21. The number of carbonyl (C=O) groups excluding carboxylic acids is 3. The summed E-state index contributed by atoms with van der Waals surface area (Å²) in [6.07, 6.45) is -2.87. The molecular weight excluding hydrogens is 524 g/mol. The van der Waals surface area contributed by atoms with E-state index in [0.29, 0.717) is 0 Å². The van der Waals surface area contributed by atoms with Gasteiger partial charge in [-0.15, -0.1) is 0 Å². The SMILES string of the molecule is O=C(CBr)OC1CC(OC(=O)CBr)C(C(=O)O)C(OC(=O)CBr)C1. The minimum atomic E-state index is -1.26. The zero-order valence-corrected chi connectivity index (χ0v) is 17.0. The first kappa shape index (κ1) is 21.4. The highest BCUT2D eigenvalue weighted by atomic mass is 79.9. The highest BCUT2D eigenvalue weighted by molar-refractivity contribution is 9.09. The van der Waals surface area contributed by atoms with Gasteiger partial charge in [0.25, 0.3) is 0 Å². The number of carboxylic acids is 1. The van der Waals surface area contributed by atoms with Crippen molar-refractivity contribution in [1.29, 1.82) is 0 Å². The van der Waals surface area contributed by atoms with Crippen molar-refractivity contribution >= 4 is 71.7 Å². The molecule has 8 nitrogen and oxygen atoms in total. The first-order valence-corrected chi connectivity index (χ1v) is 10.2. The molecule has 0 aromatic heterocycles. The third-order valence-electron chi connectivity index (χ3n) is 3.27. The summed E-state index contributed by atoms with van der Waals surface area (Å²) in [5.41, 5.74) is 0. The van der Waals surface area contributed by atoms with E-state index in [-0.39, 0.29) is 28.8 Å². The molecule has 1 rings (SSSR count). The Morgan fingerprint density at radius 1 is 0.792 bits per heavy atom. The molecule has 0 heterocycles. The molecule has 1 fully saturated rings. The minimum absolute atomic E-state index is 0.0107. The van der Waals surface area contributed by atoms with Crippen LogP contribution in [-0.2, 0) is 33.4 Å². The minimum Gasteiger partial charge on any atom is -0.481 e. The number of hydrogen-bond acceptors (Lipinski definition) is 7. The van der Waals surface area contributed by atoms with E-state index in [1.54, 1.807) is 0 Å². The number of ether oxygens (including phenoxy) is 3. The van der Waals surface area contributed by atoms with Crippen molar-refractivity contribution in [3.63, 3.8) is 0 Å². The van der Waals surface area contributed by atoms with E-state index in [0.717, 1.165) is 0 Å². The van der Waals surface area contributed by atoms with E-state index < -0.39 is 48.1 Å². The number of hydrogen-bond donors (Lipinski definition) is 1. The fourth-order valence-electron chi connectivity index (χ4n) is 2.42. The van der Waals surface area contributed by atoms with Gasteiger partial charge < -0.3 is 19.3 Å². The van der Waals surface area contributed by atoms with Crippen molar-refractivity contribution in [2.75, 3.05) is 16.0 Å². The Hall–Kier alpha value is -0.680. The molecule has 1 saturated carbocycles. The van der Waals surface area contributed by atoms with Gasteiger partial charge in [0.05, 0.1) is 0 Å². The van der Waals surface area contributed by atoms with E-state index in [2.05, 4.69) is 47.8 Å². The molecule has 24 heavy (non-hydrogen) atoms. The fraction of sp³-hybridized carbons (Fsp3) is 0.692. The Labute approximate surface area is 162 Å². The lowest BCUT2D eigenvalue weighted by molar-refractivity contribution is -0.183. The predicted molar refractivity (Wildman–Crippen MR) is 91.4 cm³/mol. The van der Waals surface area contributed by atoms with Gasteiger partial charge in [0, 0.05) is 12.8 Å². The third-order valence-corrected chi connectivity index (χ3v) is 4.64. The third kappa shape index (κ3) is 6.32. The monoisotopic (exact) mass is 536 g/mol. The summed E-state index contributed by atoms with van der Waals surface area (Å²) in [4.78, 5) is 46.1. The summed E-state index contributed by atoms with van der Waals surface area (Å²) in [6, 6.07) is 0. The molecule has 1 aliphatic carbocycles. The van der Waals surface area contributed by atoms with Crippen molar-refractivity contribution in [2.24, 2.45) is 5.92 Å². The molecule has 2 unspecified atom stereocenters. The fourth-order valence-corrected chi connectivity index (χ4v) is 2.82. The van der Waals surface area contributed by atoms with Crippen LogP contribution in [0.1, 0.15) is 12.8 Å². The molecule has 0 radical (unpaired) electrons. The molecular formula is C13H15Br3O8. The van der Waals surface area contributed by atoms with Crippen molar-refractivity contribution in [1.82, 2.24) is 0 Å². The lowest BCUT2D eigenvalue weighted by Crippen LogP contribution is -2.50.